The van der Waals surface area contributed by atoms with Crippen LogP contribution in [-0.2, 0) is 9.59 Å². The number of para-hydroxylation sites is 1. The Morgan fingerprint density at radius 2 is 1.92 bits per heavy atom. The van der Waals surface area contributed by atoms with E-state index in [0.717, 1.165) is 10.2 Å². The van der Waals surface area contributed by atoms with Crippen molar-refractivity contribution in [3.8, 4) is 6.07 Å². The smallest absolute Gasteiger partial charge is 0.229 e. The van der Waals surface area contributed by atoms with Crippen LogP contribution in [0.1, 0.15) is 12.0 Å². The Morgan fingerprint density at radius 1 is 1.21 bits per heavy atom. The van der Waals surface area contributed by atoms with E-state index < -0.39 is 5.92 Å². The molecule has 0 radical (unpaired) electrons. The number of amides is 2. The van der Waals surface area contributed by atoms with Crippen LogP contribution in [0.2, 0.25) is 0 Å². The summed E-state index contributed by atoms with van der Waals surface area (Å²) >= 11 is 3.44. The Kier molecular flexibility index (Phi) is 4.63. The van der Waals surface area contributed by atoms with E-state index in [4.69, 9.17) is 5.26 Å². The number of carbonyl (C=O) groups excluding carboxylic acids is 2. The second-order valence-corrected chi connectivity index (χ2v) is 6.39. The van der Waals surface area contributed by atoms with E-state index in [9.17, 15) is 9.59 Å². The number of benzene rings is 2. The number of carbonyl (C=O) groups is 2. The molecule has 1 saturated heterocycles. The average molecular weight is 384 g/mol. The molecule has 0 aliphatic carbocycles. The first-order valence-corrected chi connectivity index (χ1v) is 8.23. The fourth-order valence-electron chi connectivity index (χ4n) is 2.66. The summed E-state index contributed by atoms with van der Waals surface area (Å²) in [4.78, 5) is 26.3. The molecule has 2 aromatic rings. The summed E-state index contributed by atoms with van der Waals surface area (Å²) in [5.74, 6) is -0.662. The van der Waals surface area contributed by atoms with Crippen molar-refractivity contribution in [2.75, 3.05) is 16.8 Å². The summed E-state index contributed by atoms with van der Waals surface area (Å²) in [6, 6.07) is 16.1. The van der Waals surface area contributed by atoms with Crippen LogP contribution < -0.4 is 10.2 Å². The molecule has 5 nitrogen and oxygen atoms in total. The number of hydrogen-bond acceptors (Lipinski definition) is 3. The molecule has 1 heterocycles. The van der Waals surface area contributed by atoms with E-state index in [0.29, 0.717) is 17.8 Å². The molecule has 1 unspecified atom stereocenters. The second kappa shape index (κ2) is 6.85. The van der Waals surface area contributed by atoms with Gasteiger partial charge in [0.1, 0.15) is 0 Å². The molecule has 3 rings (SSSR count). The zero-order valence-corrected chi connectivity index (χ0v) is 14.3. The minimum absolute atomic E-state index is 0.0677. The Labute approximate surface area is 148 Å². The van der Waals surface area contributed by atoms with Crippen LogP contribution in [0.5, 0.6) is 0 Å². The third kappa shape index (κ3) is 3.31. The summed E-state index contributed by atoms with van der Waals surface area (Å²) in [6.45, 7) is 0.351. The highest BCUT2D eigenvalue weighted by Crippen LogP contribution is 2.31. The molecule has 1 fully saturated rings. The lowest BCUT2D eigenvalue weighted by Gasteiger charge is -2.18. The number of halogens is 1. The van der Waals surface area contributed by atoms with Crippen LogP contribution in [0.15, 0.2) is 53.0 Å². The van der Waals surface area contributed by atoms with Gasteiger partial charge in [0.05, 0.1) is 23.2 Å². The van der Waals surface area contributed by atoms with E-state index in [1.165, 1.54) is 0 Å². The molecule has 0 spiro atoms. The molecule has 1 aliphatic heterocycles. The Bertz CT molecular complexity index is 827. The molecule has 2 amide bonds. The van der Waals surface area contributed by atoms with Crippen molar-refractivity contribution in [3.63, 3.8) is 0 Å². The molecular formula is C18H14BrN3O2. The van der Waals surface area contributed by atoms with Gasteiger partial charge in [0, 0.05) is 23.1 Å². The first-order valence-electron chi connectivity index (χ1n) is 7.44. The predicted molar refractivity (Wildman–Crippen MR) is 94.4 cm³/mol. The molecule has 2 aromatic carbocycles. The summed E-state index contributed by atoms with van der Waals surface area (Å²) in [7, 11) is 0. The average Bonchev–Trinajstić information content (AvgIpc) is 2.98. The maximum absolute atomic E-state index is 12.4. The number of nitriles is 1. The lowest BCUT2D eigenvalue weighted by Crippen LogP contribution is -2.28. The first-order chi connectivity index (χ1) is 11.6. The van der Waals surface area contributed by atoms with Crippen molar-refractivity contribution in [1.82, 2.24) is 0 Å². The zero-order chi connectivity index (χ0) is 17.1. The third-order valence-corrected chi connectivity index (χ3v) is 4.59. The molecule has 1 aliphatic rings. The van der Waals surface area contributed by atoms with Crippen molar-refractivity contribution in [2.24, 2.45) is 5.92 Å². The van der Waals surface area contributed by atoms with Crippen molar-refractivity contribution in [2.45, 2.75) is 6.42 Å². The minimum atomic E-state index is -0.403. The van der Waals surface area contributed by atoms with Crippen LogP contribution in [0.25, 0.3) is 0 Å². The van der Waals surface area contributed by atoms with Crippen molar-refractivity contribution in [1.29, 1.82) is 5.26 Å². The number of nitrogens with one attached hydrogen (secondary N) is 1. The lowest BCUT2D eigenvalue weighted by atomic mass is 10.1. The van der Waals surface area contributed by atoms with Crippen molar-refractivity contribution >= 4 is 39.1 Å². The van der Waals surface area contributed by atoms with Gasteiger partial charge < -0.3 is 10.2 Å². The summed E-state index contributed by atoms with van der Waals surface area (Å²) in [5.41, 5.74) is 1.92. The standard InChI is InChI=1S/C18H14BrN3O2/c19-15-3-1-2-4-16(15)22-11-13(9-17(22)23)18(24)21-14-7-5-12(10-20)6-8-14/h1-8,13H,9,11H2,(H,21,24). The first kappa shape index (κ1) is 16.2. The fraction of sp³-hybridized carbons (Fsp3) is 0.167. The maximum atomic E-state index is 12.4. The minimum Gasteiger partial charge on any atom is -0.326 e. The van der Waals surface area contributed by atoms with Crippen molar-refractivity contribution < 1.29 is 9.59 Å². The highest BCUT2D eigenvalue weighted by atomic mass is 79.9. The summed E-state index contributed by atoms with van der Waals surface area (Å²) < 4.78 is 0.825. The zero-order valence-electron chi connectivity index (χ0n) is 12.7. The Balaban J connectivity index is 1.70. The van der Waals surface area contributed by atoms with E-state index in [-0.39, 0.29) is 18.2 Å². The fourth-order valence-corrected chi connectivity index (χ4v) is 3.16. The molecule has 24 heavy (non-hydrogen) atoms. The molecular weight excluding hydrogens is 370 g/mol. The van der Waals surface area contributed by atoms with E-state index >= 15 is 0 Å². The highest BCUT2D eigenvalue weighted by molar-refractivity contribution is 9.10. The molecule has 0 bridgehead atoms. The largest absolute Gasteiger partial charge is 0.326 e. The van der Waals surface area contributed by atoms with Crippen LogP contribution in [0.3, 0.4) is 0 Å². The van der Waals surface area contributed by atoms with Gasteiger partial charge >= 0.3 is 0 Å². The van der Waals surface area contributed by atoms with Gasteiger partial charge in [0.25, 0.3) is 0 Å². The summed E-state index contributed by atoms with van der Waals surface area (Å²) in [6.07, 6.45) is 0.184. The predicted octanol–water partition coefficient (Wildman–Crippen LogP) is 3.31. The molecule has 0 aromatic heterocycles. The van der Waals surface area contributed by atoms with Crippen molar-refractivity contribution in [3.05, 3.63) is 58.6 Å². The molecule has 1 atom stereocenters. The third-order valence-electron chi connectivity index (χ3n) is 3.92. The Morgan fingerprint density at radius 3 is 2.58 bits per heavy atom. The lowest BCUT2D eigenvalue weighted by molar-refractivity contribution is -0.122. The number of nitrogens with zero attached hydrogens (tertiary/aromatic N) is 2. The summed E-state index contributed by atoms with van der Waals surface area (Å²) in [5, 5.41) is 11.6. The van der Waals surface area contributed by atoms with Gasteiger partial charge in [-0.05, 0) is 52.3 Å². The highest BCUT2D eigenvalue weighted by Gasteiger charge is 2.35. The van der Waals surface area contributed by atoms with E-state index in [2.05, 4.69) is 21.2 Å². The van der Waals surface area contributed by atoms with Gasteiger partial charge in [-0.2, -0.15) is 5.26 Å². The number of hydrogen-bond donors (Lipinski definition) is 1. The van der Waals surface area contributed by atoms with Crippen LogP contribution in [0.4, 0.5) is 11.4 Å². The SMILES string of the molecule is N#Cc1ccc(NC(=O)C2CC(=O)N(c3ccccc3Br)C2)cc1. The molecule has 1 N–H and O–H groups in total. The number of anilines is 2. The van der Waals surface area contributed by atoms with Gasteiger partial charge in [0.15, 0.2) is 0 Å². The maximum Gasteiger partial charge on any atom is 0.229 e. The van der Waals surface area contributed by atoms with Crippen LogP contribution in [0, 0.1) is 17.2 Å². The quantitative estimate of drug-likeness (QED) is 0.883. The monoisotopic (exact) mass is 383 g/mol. The van der Waals surface area contributed by atoms with Gasteiger partial charge in [-0.1, -0.05) is 12.1 Å². The number of rotatable bonds is 3. The Hall–Kier alpha value is -2.65. The van der Waals surface area contributed by atoms with Gasteiger partial charge in [-0.25, -0.2) is 0 Å². The molecule has 6 heteroatoms. The topological polar surface area (TPSA) is 73.2 Å². The van der Waals surface area contributed by atoms with Crippen LogP contribution in [-0.4, -0.2) is 18.4 Å². The van der Waals surface area contributed by atoms with E-state index in [1.807, 2.05) is 30.3 Å². The van der Waals surface area contributed by atoms with Crippen LogP contribution >= 0.6 is 15.9 Å². The van der Waals surface area contributed by atoms with Gasteiger partial charge in [-0.3, -0.25) is 9.59 Å². The molecule has 120 valence electrons. The van der Waals surface area contributed by atoms with Gasteiger partial charge in [0.2, 0.25) is 11.8 Å². The second-order valence-electron chi connectivity index (χ2n) is 5.54. The molecule has 0 saturated carbocycles. The normalized spacial score (nSPS) is 16.8. The van der Waals surface area contributed by atoms with Gasteiger partial charge in [-0.15, -0.1) is 0 Å². The van der Waals surface area contributed by atoms with E-state index in [1.54, 1.807) is 29.2 Å².